The van der Waals surface area contributed by atoms with E-state index in [9.17, 15) is 19.8 Å². The number of aliphatic hydroxyl groups excluding tert-OH is 2. The zero-order chi connectivity index (χ0) is 68.4. The maximum Gasteiger partial charge on any atom is 0.305 e. The number of aliphatic hydroxyl groups is 2. The van der Waals surface area contributed by atoms with Gasteiger partial charge in [0.1, 0.15) is 0 Å². The van der Waals surface area contributed by atoms with Gasteiger partial charge in [0.2, 0.25) is 5.91 Å². The first-order valence-electron chi connectivity index (χ1n) is 43.4. The average molecular weight is 1330 g/mol. The highest BCUT2D eigenvalue weighted by atomic mass is 16.5. The van der Waals surface area contributed by atoms with Crippen LogP contribution in [0.4, 0.5) is 0 Å². The van der Waals surface area contributed by atoms with E-state index in [0.717, 1.165) is 57.8 Å². The fourth-order valence-corrected chi connectivity index (χ4v) is 13.8. The lowest BCUT2D eigenvalue weighted by Gasteiger charge is -2.22. The molecule has 0 aromatic carbocycles. The van der Waals surface area contributed by atoms with Crippen LogP contribution in [0.1, 0.15) is 483 Å². The molecule has 0 bridgehead atoms. The molecule has 0 aliphatic rings. The van der Waals surface area contributed by atoms with Gasteiger partial charge in [0.05, 0.1) is 25.4 Å². The van der Waals surface area contributed by atoms with Gasteiger partial charge in [-0.15, -0.1) is 0 Å². The molecule has 0 aliphatic carbocycles. The van der Waals surface area contributed by atoms with Crippen LogP contribution in [-0.2, 0) is 14.3 Å². The molecule has 0 heterocycles. The van der Waals surface area contributed by atoms with Crippen molar-refractivity contribution in [1.82, 2.24) is 5.32 Å². The first-order chi connectivity index (χ1) is 47.0. The molecule has 3 N–H and O–H groups in total. The average Bonchev–Trinajstić information content (AvgIpc) is 2.97. The lowest BCUT2D eigenvalue weighted by atomic mass is 10.0. The number of hydrogen-bond donors (Lipinski definition) is 3. The van der Waals surface area contributed by atoms with E-state index < -0.39 is 12.1 Å². The van der Waals surface area contributed by atoms with Gasteiger partial charge in [0.25, 0.3) is 0 Å². The Bertz CT molecular complexity index is 1590. The smallest absolute Gasteiger partial charge is 0.305 e. The quantitative estimate of drug-likeness (QED) is 0.0320. The van der Waals surface area contributed by atoms with Gasteiger partial charge in [0, 0.05) is 12.8 Å². The molecule has 95 heavy (non-hydrogen) atoms. The molecule has 1 amide bonds. The molecule has 560 valence electrons. The van der Waals surface area contributed by atoms with Crippen LogP contribution in [0.15, 0.2) is 48.6 Å². The third-order valence-electron chi connectivity index (χ3n) is 20.4. The molecule has 0 aromatic rings. The van der Waals surface area contributed by atoms with Crippen molar-refractivity contribution in [2.75, 3.05) is 13.2 Å². The number of rotatable bonds is 82. The zero-order valence-corrected chi connectivity index (χ0v) is 64.4. The Kier molecular flexibility index (Phi) is 82.3. The second-order valence-electron chi connectivity index (χ2n) is 29.9. The predicted octanol–water partition coefficient (Wildman–Crippen LogP) is 29.1. The van der Waals surface area contributed by atoms with E-state index in [1.54, 1.807) is 0 Å². The Hall–Kier alpha value is -2.18. The first-order valence-corrected chi connectivity index (χ1v) is 43.4. The summed E-state index contributed by atoms with van der Waals surface area (Å²) >= 11 is 0. The van der Waals surface area contributed by atoms with Gasteiger partial charge in [-0.25, -0.2) is 0 Å². The van der Waals surface area contributed by atoms with Gasteiger partial charge in [0.15, 0.2) is 0 Å². The van der Waals surface area contributed by atoms with Crippen LogP contribution in [0.2, 0.25) is 0 Å². The first kappa shape index (κ1) is 92.8. The van der Waals surface area contributed by atoms with Crippen LogP contribution in [-0.4, -0.2) is 47.4 Å². The van der Waals surface area contributed by atoms with Crippen molar-refractivity contribution in [2.24, 2.45) is 0 Å². The molecule has 2 unspecified atom stereocenters. The largest absolute Gasteiger partial charge is 0.466 e. The lowest BCUT2D eigenvalue weighted by molar-refractivity contribution is -0.143. The van der Waals surface area contributed by atoms with E-state index in [2.05, 4.69) is 67.8 Å². The number of nitrogens with one attached hydrogen (secondary N) is 1. The van der Waals surface area contributed by atoms with Crippen molar-refractivity contribution >= 4 is 11.9 Å². The van der Waals surface area contributed by atoms with E-state index in [-0.39, 0.29) is 18.5 Å². The minimum Gasteiger partial charge on any atom is -0.466 e. The Morgan fingerprint density at radius 1 is 0.295 bits per heavy atom. The van der Waals surface area contributed by atoms with E-state index in [0.29, 0.717) is 25.9 Å². The molecule has 0 radical (unpaired) electrons. The van der Waals surface area contributed by atoms with Gasteiger partial charge in [-0.05, 0) is 89.9 Å². The molecule has 6 heteroatoms. The maximum absolute atomic E-state index is 12.6. The van der Waals surface area contributed by atoms with E-state index >= 15 is 0 Å². The molecule has 6 nitrogen and oxygen atoms in total. The summed E-state index contributed by atoms with van der Waals surface area (Å²) in [7, 11) is 0. The Morgan fingerprint density at radius 3 is 0.821 bits per heavy atom. The number of carbonyl (C=O) groups excluding carboxylic acids is 2. The standard InChI is InChI=1S/C89H169NO5/c1-3-5-7-9-11-13-15-17-19-21-23-24-25-39-42-46-49-53-57-61-65-69-73-77-81-87(92)86(85-91)90-88(93)82-78-74-70-66-62-58-54-50-47-43-40-37-35-33-31-29-27-26-28-30-32-34-36-38-41-44-48-52-56-60-64-68-72-76-80-84-95-89(94)83-79-75-71-67-63-59-55-51-45-22-20-18-16-14-12-10-8-6-4-2/h12,14,18,20,28,30,34,36,86-87,91-92H,3-11,13,15-17,19,21-27,29,31-33,35,37-85H2,1-2H3,(H,90,93)/b14-12-,20-18-,30-28-,36-34-. The second-order valence-corrected chi connectivity index (χ2v) is 29.9. The summed E-state index contributed by atoms with van der Waals surface area (Å²) in [5.74, 6) is -0.0132. The van der Waals surface area contributed by atoms with Crippen LogP contribution in [0.25, 0.3) is 0 Å². The SMILES string of the molecule is CCCCC/C=C\C/C=C\CCCCCCCCCCCC(=O)OCCCCCCCCCCCCC/C=C\C/C=C\CCCCCCCCCCCCCCCCCCCC(=O)NC(CO)C(O)CCCCCCCCCCCCCCCCCCCCCCCCCC. The number of allylic oxidation sites excluding steroid dienone is 8. The number of unbranched alkanes of at least 4 members (excludes halogenated alkanes) is 63. The number of hydrogen-bond acceptors (Lipinski definition) is 5. The Balaban J connectivity index is 3.37. The van der Waals surface area contributed by atoms with Crippen molar-refractivity contribution in [2.45, 2.75) is 495 Å². The Morgan fingerprint density at radius 2 is 0.526 bits per heavy atom. The fourth-order valence-electron chi connectivity index (χ4n) is 13.8. The summed E-state index contributed by atoms with van der Waals surface area (Å²) < 4.78 is 5.51. The van der Waals surface area contributed by atoms with Gasteiger partial charge in [-0.1, -0.05) is 428 Å². The summed E-state index contributed by atoms with van der Waals surface area (Å²) in [6, 6.07) is -0.542. The summed E-state index contributed by atoms with van der Waals surface area (Å²) in [4.78, 5) is 24.7. The predicted molar refractivity (Wildman–Crippen MR) is 421 cm³/mol. The normalized spacial score (nSPS) is 12.7. The van der Waals surface area contributed by atoms with Crippen molar-refractivity contribution in [1.29, 1.82) is 0 Å². The monoisotopic (exact) mass is 1330 g/mol. The second kappa shape index (κ2) is 84.2. The molecule has 2 atom stereocenters. The van der Waals surface area contributed by atoms with Gasteiger partial charge >= 0.3 is 5.97 Å². The summed E-state index contributed by atoms with van der Waals surface area (Å²) in [5.41, 5.74) is 0. The van der Waals surface area contributed by atoms with E-state index in [1.165, 1.54) is 392 Å². The molecule has 0 rings (SSSR count). The summed E-state index contributed by atoms with van der Waals surface area (Å²) in [6.07, 6.45) is 112. The van der Waals surface area contributed by atoms with Crippen LogP contribution < -0.4 is 5.32 Å². The minimum absolute atomic E-state index is 0.0138. The topological polar surface area (TPSA) is 95.9 Å². The molecule has 0 aromatic heterocycles. The van der Waals surface area contributed by atoms with Gasteiger partial charge < -0.3 is 20.3 Å². The number of amides is 1. The zero-order valence-electron chi connectivity index (χ0n) is 64.4. The molecule has 0 fully saturated rings. The summed E-state index contributed by atoms with van der Waals surface area (Å²) in [6.45, 7) is 4.98. The molecule has 0 aliphatic heterocycles. The minimum atomic E-state index is -0.665. The fraction of sp³-hybridized carbons (Fsp3) is 0.888. The lowest BCUT2D eigenvalue weighted by Crippen LogP contribution is -2.45. The summed E-state index contributed by atoms with van der Waals surface area (Å²) in [5, 5.41) is 23.5. The van der Waals surface area contributed by atoms with Crippen LogP contribution >= 0.6 is 0 Å². The Labute approximate surface area is 595 Å². The van der Waals surface area contributed by atoms with Crippen LogP contribution in [0, 0.1) is 0 Å². The van der Waals surface area contributed by atoms with Crippen molar-refractivity contribution < 1.29 is 24.5 Å². The number of carbonyl (C=O) groups is 2. The van der Waals surface area contributed by atoms with E-state index in [4.69, 9.17) is 4.74 Å². The molecule has 0 saturated carbocycles. The highest BCUT2D eigenvalue weighted by Gasteiger charge is 2.20. The highest BCUT2D eigenvalue weighted by molar-refractivity contribution is 5.76. The molecule has 0 saturated heterocycles. The molecular weight excluding hydrogens is 1160 g/mol. The molecule has 0 spiro atoms. The van der Waals surface area contributed by atoms with Gasteiger partial charge in [-0.3, -0.25) is 9.59 Å². The van der Waals surface area contributed by atoms with Crippen molar-refractivity contribution in [3.63, 3.8) is 0 Å². The van der Waals surface area contributed by atoms with E-state index in [1.807, 2.05) is 0 Å². The van der Waals surface area contributed by atoms with Crippen molar-refractivity contribution in [3.8, 4) is 0 Å². The van der Waals surface area contributed by atoms with Crippen LogP contribution in [0.5, 0.6) is 0 Å². The third kappa shape index (κ3) is 80.7. The van der Waals surface area contributed by atoms with Crippen molar-refractivity contribution in [3.05, 3.63) is 48.6 Å². The van der Waals surface area contributed by atoms with Crippen LogP contribution in [0.3, 0.4) is 0 Å². The third-order valence-corrected chi connectivity index (χ3v) is 20.4. The number of esters is 1. The maximum atomic E-state index is 12.6. The highest BCUT2D eigenvalue weighted by Crippen LogP contribution is 2.20. The van der Waals surface area contributed by atoms with Gasteiger partial charge in [-0.2, -0.15) is 0 Å². The molecular formula is C89H169NO5. The number of ether oxygens (including phenoxy) is 1.